The van der Waals surface area contributed by atoms with E-state index in [9.17, 15) is 9.59 Å². The molecule has 1 aromatic rings. The number of carboxylic acids is 1. The van der Waals surface area contributed by atoms with E-state index < -0.39 is 5.97 Å². The number of hydrogen-bond donors (Lipinski definition) is 2. The highest BCUT2D eigenvalue weighted by Gasteiger charge is 2.29. The Morgan fingerprint density at radius 3 is 2.90 bits per heavy atom. The maximum absolute atomic E-state index is 11.8. The van der Waals surface area contributed by atoms with Crippen LogP contribution in [0, 0.1) is 0 Å². The molecule has 21 heavy (non-hydrogen) atoms. The number of rotatable bonds is 5. The van der Waals surface area contributed by atoms with Crippen molar-refractivity contribution in [1.29, 1.82) is 0 Å². The minimum atomic E-state index is -1.04. The maximum Gasteiger partial charge on any atom is 0.322 e. The zero-order chi connectivity index (χ0) is 15.4. The van der Waals surface area contributed by atoms with Gasteiger partial charge in [-0.3, -0.25) is 14.5 Å². The normalized spacial score (nSPS) is 18.7. The van der Waals surface area contributed by atoms with Gasteiger partial charge in [-0.1, -0.05) is 33.6 Å². The molecule has 1 unspecified atom stereocenters. The molecule has 0 radical (unpaired) electrons. The van der Waals surface area contributed by atoms with Crippen LogP contribution in [-0.2, 0) is 9.59 Å². The summed E-state index contributed by atoms with van der Waals surface area (Å²) in [4.78, 5) is 24.2. The molecule has 1 saturated heterocycles. The average molecular weight is 376 g/mol. The molecule has 1 heterocycles. The van der Waals surface area contributed by atoms with Crippen molar-refractivity contribution in [3.05, 3.63) is 33.3 Å². The van der Waals surface area contributed by atoms with E-state index in [1.807, 2.05) is 23.1 Å². The van der Waals surface area contributed by atoms with E-state index in [4.69, 9.17) is 16.7 Å². The molecule has 1 amide bonds. The second kappa shape index (κ2) is 7.24. The summed E-state index contributed by atoms with van der Waals surface area (Å²) in [6.45, 7) is 0.637. The van der Waals surface area contributed by atoms with Crippen molar-refractivity contribution in [2.24, 2.45) is 0 Å². The molecule has 0 saturated carbocycles. The summed E-state index contributed by atoms with van der Waals surface area (Å²) in [5.41, 5.74) is 1.00. The molecule has 2 rings (SSSR count). The zero-order valence-electron chi connectivity index (χ0n) is 11.3. The molecule has 1 fully saturated rings. The van der Waals surface area contributed by atoms with Gasteiger partial charge in [-0.25, -0.2) is 0 Å². The van der Waals surface area contributed by atoms with Crippen LogP contribution >= 0.6 is 27.5 Å². The second-order valence-corrected chi connectivity index (χ2v) is 6.29. The lowest BCUT2D eigenvalue weighted by Gasteiger charge is -2.25. The van der Waals surface area contributed by atoms with Crippen LogP contribution in [-0.4, -0.2) is 41.5 Å². The Bertz CT molecular complexity index is 553. The van der Waals surface area contributed by atoms with Gasteiger partial charge in [0.15, 0.2) is 0 Å². The highest BCUT2D eigenvalue weighted by Crippen LogP contribution is 2.36. The van der Waals surface area contributed by atoms with Gasteiger partial charge in [0.25, 0.3) is 0 Å². The number of likely N-dealkylation sites (tertiary alicyclic amines) is 1. The number of aliphatic carboxylic acids is 1. The van der Waals surface area contributed by atoms with Crippen molar-refractivity contribution in [3.8, 4) is 0 Å². The SMILES string of the molecule is O=C(O)CNC(=O)CN1CCCC1c1ccc(Br)cc1Cl. The highest BCUT2D eigenvalue weighted by molar-refractivity contribution is 9.10. The summed E-state index contributed by atoms with van der Waals surface area (Å²) >= 11 is 9.66. The molecule has 2 N–H and O–H groups in total. The number of carbonyl (C=O) groups is 2. The van der Waals surface area contributed by atoms with Crippen molar-refractivity contribution in [3.63, 3.8) is 0 Å². The van der Waals surface area contributed by atoms with Gasteiger partial charge >= 0.3 is 5.97 Å². The zero-order valence-corrected chi connectivity index (χ0v) is 13.7. The third kappa shape index (κ3) is 4.43. The summed E-state index contributed by atoms with van der Waals surface area (Å²) in [5.74, 6) is -1.32. The molecular weight excluding hydrogens is 360 g/mol. The van der Waals surface area contributed by atoms with Gasteiger partial charge < -0.3 is 10.4 Å². The van der Waals surface area contributed by atoms with Gasteiger partial charge in [-0.15, -0.1) is 0 Å². The topological polar surface area (TPSA) is 69.6 Å². The van der Waals surface area contributed by atoms with E-state index in [1.165, 1.54) is 0 Å². The van der Waals surface area contributed by atoms with Crippen LogP contribution in [0.25, 0.3) is 0 Å². The first-order valence-electron chi connectivity index (χ1n) is 6.65. The number of nitrogens with one attached hydrogen (secondary N) is 1. The first-order valence-corrected chi connectivity index (χ1v) is 7.82. The van der Waals surface area contributed by atoms with Crippen LogP contribution in [0.2, 0.25) is 5.02 Å². The van der Waals surface area contributed by atoms with Gasteiger partial charge in [-0.05, 0) is 37.1 Å². The predicted octanol–water partition coefficient (Wildman–Crippen LogP) is 2.44. The van der Waals surface area contributed by atoms with E-state index in [-0.39, 0.29) is 25.0 Å². The predicted molar refractivity (Wildman–Crippen MR) is 83.3 cm³/mol. The summed E-state index contributed by atoms with van der Waals surface area (Å²) in [7, 11) is 0. The Kier molecular flexibility index (Phi) is 5.61. The third-order valence-corrected chi connectivity index (χ3v) is 4.29. The van der Waals surface area contributed by atoms with Gasteiger partial charge in [0.2, 0.25) is 5.91 Å². The molecule has 0 bridgehead atoms. The number of nitrogens with zero attached hydrogens (tertiary/aromatic N) is 1. The van der Waals surface area contributed by atoms with Gasteiger partial charge in [0.1, 0.15) is 6.54 Å². The molecule has 1 aromatic carbocycles. The lowest BCUT2D eigenvalue weighted by atomic mass is 10.0. The average Bonchev–Trinajstić information content (AvgIpc) is 2.84. The van der Waals surface area contributed by atoms with Crippen molar-refractivity contribution in [2.75, 3.05) is 19.6 Å². The standard InChI is InChI=1S/C14H16BrClN2O3/c15-9-3-4-10(11(16)6-9)12-2-1-5-18(12)8-13(19)17-7-14(20)21/h3-4,6,12H,1-2,5,7-8H2,(H,17,19)(H,20,21). The lowest BCUT2D eigenvalue weighted by Crippen LogP contribution is -2.39. The van der Waals surface area contributed by atoms with E-state index in [1.54, 1.807) is 0 Å². The molecule has 0 spiro atoms. The van der Waals surface area contributed by atoms with Gasteiger partial charge in [0.05, 0.1) is 6.54 Å². The third-order valence-electron chi connectivity index (χ3n) is 3.47. The Labute approximate surface area is 136 Å². The van der Waals surface area contributed by atoms with Crippen LogP contribution in [0.15, 0.2) is 22.7 Å². The Hall–Kier alpha value is -1.11. The number of hydrogen-bond acceptors (Lipinski definition) is 3. The maximum atomic E-state index is 11.8. The first-order chi connectivity index (χ1) is 9.97. The fraction of sp³-hybridized carbons (Fsp3) is 0.429. The molecule has 7 heteroatoms. The molecule has 0 aliphatic carbocycles. The van der Waals surface area contributed by atoms with E-state index in [2.05, 4.69) is 21.2 Å². The quantitative estimate of drug-likeness (QED) is 0.829. The molecule has 1 atom stereocenters. The highest BCUT2D eigenvalue weighted by atomic mass is 79.9. The van der Waals surface area contributed by atoms with Crippen LogP contribution in [0.4, 0.5) is 0 Å². The molecule has 1 aliphatic rings. The second-order valence-electron chi connectivity index (χ2n) is 4.96. The van der Waals surface area contributed by atoms with Crippen LogP contribution in [0.3, 0.4) is 0 Å². The fourth-order valence-electron chi connectivity index (χ4n) is 2.55. The fourth-order valence-corrected chi connectivity index (χ4v) is 3.35. The monoisotopic (exact) mass is 374 g/mol. The minimum Gasteiger partial charge on any atom is -0.480 e. The van der Waals surface area contributed by atoms with Crippen molar-refractivity contribution in [2.45, 2.75) is 18.9 Å². The molecule has 0 aromatic heterocycles. The summed E-state index contributed by atoms with van der Waals surface area (Å²) in [5, 5.41) is 11.6. The number of halogens is 2. The Morgan fingerprint density at radius 2 is 2.24 bits per heavy atom. The Morgan fingerprint density at radius 1 is 1.48 bits per heavy atom. The summed E-state index contributed by atoms with van der Waals surface area (Å²) in [6, 6.07) is 5.84. The minimum absolute atomic E-state index is 0.0983. The number of amides is 1. The smallest absolute Gasteiger partial charge is 0.322 e. The first kappa shape index (κ1) is 16.3. The molecular formula is C14H16BrClN2O3. The molecule has 114 valence electrons. The van der Waals surface area contributed by atoms with Crippen LogP contribution in [0.1, 0.15) is 24.4 Å². The van der Waals surface area contributed by atoms with Crippen LogP contribution in [0.5, 0.6) is 0 Å². The van der Waals surface area contributed by atoms with E-state index >= 15 is 0 Å². The van der Waals surface area contributed by atoms with E-state index in [0.717, 1.165) is 29.4 Å². The molecule has 1 aliphatic heterocycles. The Balaban J connectivity index is 2.03. The largest absolute Gasteiger partial charge is 0.480 e. The number of carbonyl (C=O) groups excluding carboxylic acids is 1. The van der Waals surface area contributed by atoms with Gasteiger partial charge in [0, 0.05) is 15.5 Å². The number of carboxylic acid groups (broad SMARTS) is 1. The summed E-state index contributed by atoms with van der Waals surface area (Å²) in [6.07, 6.45) is 1.93. The lowest BCUT2D eigenvalue weighted by molar-refractivity contribution is -0.138. The molecule has 5 nitrogen and oxygen atoms in total. The van der Waals surface area contributed by atoms with E-state index in [0.29, 0.717) is 5.02 Å². The van der Waals surface area contributed by atoms with Crippen molar-refractivity contribution >= 4 is 39.4 Å². The summed E-state index contributed by atoms with van der Waals surface area (Å²) < 4.78 is 0.917. The number of benzene rings is 1. The van der Waals surface area contributed by atoms with Crippen LogP contribution < -0.4 is 5.32 Å². The van der Waals surface area contributed by atoms with Crippen molar-refractivity contribution in [1.82, 2.24) is 10.2 Å². The van der Waals surface area contributed by atoms with Crippen molar-refractivity contribution < 1.29 is 14.7 Å². The van der Waals surface area contributed by atoms with Gasteiger partial charge in [-0.2, -0.15) is 0 Å².